The van der Waals surface area contributed by atoms with Crippen LogP contribution in [0.1, 0.15) is 18.4 Å². The van der Waals surface area contributed by atoms with E-state index >= 15 is 0 Å². The van der Waals surface area contributed by atoms with Crippen molar-refractivity contribution in [1.29, 1.82) is 0 Å². The molecule has 14 heavy (non-hydrogen) atoms. The SMILES string of the molecule is [SiH3]C(Cl)(Cl)CCCc1cccc(Br)c1. The second kappa shape index (κ2) is 5.55. The summed E-state index contributed by atoms with van der Waals surface area (Å²) in [5.41, 5.74) is 1.33. The largest absolute Gasteiger partial charge is 0.107 e. The van der Waals surface area contributed by atoms with Gasteiger partial charge in [-0.2, -0.15) is 0 Å². The second-order valence-corrected chi connectivity index (χ2v) is 9.31. The summed E-state index contributed by atoms with van der Waals surface area (Å²) in [7, 11) is 0.825. The highest BCUT2D eigenvalue weighted by Gasteiger charge is 2.14. The fourth-order valence-electron chi connectivity index (χ4n) is 1.30. The van der Waals surface area contributed by atoms with E-state index < -0.39 is 3.96 Å². The molecule has 1 aromatic rings. The highest BCUT2D eigenvalue weighted by atomic mass is 79.9. The molecule has 0 bridgehead atoms. The fraction of sp³-hybridized carbons (Fsp3) is 0.400. The minimum absolute atomic E-state index is 0.452. The second-order valence-electron chi connectivity index (χ2n) is 3.55. The van der Waals surface area contributed by atoms with Crippen LogP contribution in [-0.4, -0.2) is 14.2 Å². The molecule has 4 heteroatoms. The normalized spacial score (nSPS) is 11.9. The van der Waals surface area contributed by atoms with E-state index in [0.29, 0.717) is 0 Å². The Morgan fingerprint density at radius 3 is 2.64 bits per heavy atom. The van der Waals surface area contributed by atoms with Gasteiger partial charge in [-0.1, -0.05) is 28.1 Å². The summed E-state index contributed by atoms with van der Waals surface area (Å²) in [6.07, 6.45) is 2.98. The molecule has 0 fully saturated rings. The van der Waals surface area contributed by atoms with E-state index in [-0.39, 0.29) is 0 Å². The quantitative estimate of drug-likeness (QED) is 0.591. The minimum Gasteiger partial charge on any atom is -0.107 e. The molecular formula is C10H13BrCl2Si. The van der Waals surface area contributed by atoms with Crippen LogP contribution in [0.15, 0.2) is 28.7 Å². The number of hydrogen-bond acceptors (Lipinski definition) is 0. The third kappa shape index (κ3) is 5.40. The maximum Gasteiger partial charge on any atom is 0.0972 e. The van der Waals surface area contributed by atoms with E-state index in [1.807, 2.05) is 6.07 Å². The maximum absolute atomic E-state index is 5.95. The zero-order valence-corrected chi connectivity index (χ0v) is 13.2. The van der Waals surface area contributed by atoms with Gasteiger partial charge in [0.05, 0.1) is 3.96 Å². The third-order valence-electron chi connectivity index (χ3n) is 1.97. The van der Waals surface area contributed by atoms with Gasteiger partial charge in [0.1, 0.15) is 0 Å². The van der Waals surface area contributed by atoms with Crippen LogP contribution in [0.4, 0.5) is 0 Å². The summed E-state index contributed by atoms with van der Waals surface area (Å²) in [6.45, 7) is 0. The molecular weight excluding hydrogens is 299 g/mol. The molecule has 0 aromatic heterocycles. The van der Waals surface area contributed by atoms with E-state index in [4.69, 9.17) is 23.2 Å². The lowest BCUT2D eigenvalue weighted by Crippen LogP contribution is -2.11. The van der Waals surface area contributed by atoms with Gasteiger partial charge in [0, 0.05) is 14.7 Å². The topological polar surface area (TPSA) is 0 Å². The Labute approximate surface area is 107 Å². The van der Waals surface area contributed by atoms with Crippen LogP contribution >= 0.6 is 39.1 Å². The van der Waals surface area contributed by atoms with Crippen LogP contribution in [0, 0.1) is 0 Å². The first-order chi connectivity index (χ1) is 6.47. The van der Waals surface area contributed by atoms with E-state index in [1.54, 1.807) is 0 Å². The molecule has 0 aliphatic heterocycles. The third-order valence-corrected chi connectivity index (χ3v) is 3.34. The van der Waals surface area contributed by atoms with E-state index in [9.17, 15) is 0 Å². The van der Waals surface area contributed by atoms with Crippen molar-refractivity contribution in [3.05, 3.63) is 34.3 Å². The predicted octanol–water partition coefficient (Wildman–Crippen LogP) is 3.27. The van der Waals surface area contributed by atoms with Crippen LogP contribution in [0.2, 0.25) is 0 Å². The Morgan fingerprint density at radius 1 is 1.36 bits per heavy atom. The van der Waals surface area contributed by atoms with Crippen molar-refractivity contribution >= 4 is 49.4 Å². The Balaban J connectivity index is 2.39. The van der Waals surface area contributed by atoms with E-state index in [2.05, 4.69) is 34.1 Å². The first kappa shape index (κ1) is 12.6. The molecule has 0 aliphatic carbocycles. The molecule has 0 unspecified atom stereocenters. The molecule has 0 N–H and O–H groups in total. The average molecular weight is 312 g/mol. The summed E-state index contributed by atoms with van der Waals surface area (Å²) in [5, 5.41) is 0. The van der Waals surface area contributed by atoms with Crippen LogP contribution in [0.5, 0.6) is 0 Å². The van der Waals surface area contributed by atoms with Gasteiger partial charge in [-0.25, -0.2) is 0 Å². The van der Waals surface area contributed by atoms with Crippen molar-refractivity contribution in [2.24, 2.45) is 0 Å². The van der Waals surface area contributed by atoms with E-state index in [1.165, 1.54) is 5.56 Å². The summed E-state index contributed by atoms with van der Waals surface area (Å²) >= 11 is 15.3. The number of rotatable bonds is 4. The minimum atomic E-state index is -0.452. The van der Waals surface area contributed by atoms with Gasteiger partial charge in [-0.15, -0.1) is 23.2 Å². The highest BCUT2D eigenvalue weighted by molar-refractivity contribution is 9.10. The van der Waals surface area contributed by atoms with Crippen LogP contribution in [0.3, 0.4) is 0 Å². The summed E-state index contributed by atoms with van der Waals surface area (Å²) in [4.78, 5) is 0. The average Bonchev–Trinajstić information content (AvgIpc) is 2.01. The number of hydrogen-bond donors (Lipinski definition) is 0. The number of benzene rings is 1. The van der Waals surface area contributed by atoms with Crippen LogP contribution in [0.25, 0.3) is 0 Å². The monoisotopic (exact) mass is 310 g/mol. The zero-order chi connectivity index (χ0) is 10.6. The van der Waals surface area contributed by atoms with Gasteiger partial charge in [-0.3, -0.25) is 0 Å². The standard InChI is InChI=1S/C10H13BrCl2Si/c11-9-5-1-3-8(7-9)4-2-6-10(12,13)14/h1,3,5,7H,2,4,6H2,14H3. The lowest BCUT2D eigenvalue weighted by Gasteiger charge is -2.12. The maximum atomic E-state index is 5.95. The van der Waals surface area contributed by atoms with Crippen molar-refractivity contribution in [2.45, 2.75) is 23.2 Å². The first-order valence-corrected chi connectivity index (χ1v) is 7.14. The molecule has 0 heterocycles. The number of aryl methyl sites for hydroxylation is 1. The van der Waals surface area contributed by atoms with Crippen LogP contribution in [-0.2, 0) is 6.42 Å². The summed E-state index contributed by atoms with van der Waals surface area (Å²) in [6, 6.07) is 8.34. The van der Waals surface area contributed by atoms with Gasteiger partial charge in [-0.05, 0) is 37.0 Å². The molecule has 0 radical (unpaired) electrons. The molecule has 0 saturated carbocycles. The molecule has 78 valence electrons. The number of alkyl halides is 2. The molecule has 0 aliphatic rings. The Bertz CT molecular complexity index is 296. The van der Waals surface area contributed by atoms with Crippen molar-refractivity contribution in [2.75, 3.05) is 0 Å². The van der Waals surface area contributed by atoms with Crippen molar-refractivity contribution in [1.82, 2.24) is 0 Å². The Hall–Kier alpha value is 0.497. The predicted molar refractivity (Wildman–Crippen MR) is 71.5 cm³/mol. The van der Waals surface area contributed by atoms with Gasteiger partial charge < -0.3 is 0 Å². The van der Waals surface area contributed by atoms with Gasteiger partial charge in [0.15, 0.2) is 0 Å². The smallest absolute Gasteiger partial charge is 0.0972 e. The zero-order valence-electron chi connectivity index (χ0n) is 8.06. The van der Waals surface area contributed by atoms with Crippen molar-refractivity contribution in [3.8, 4) is 0 Å². The number of halogens is 3. The Morgan fingerprint density at radius 2 is 2.07 bits per heavy atom. The summed E-state index contributed by atoms with van der Waals surface area (Å²) in [5.74, 6) is 0. The first-order valence-electron chi connectivity index (χ1n) is 4.60. The molecule has 0 nitrogen and oxygen atoms in total. The van der Waals surface area contributed by atoms with Crippen LogP contribution < -0.4 is 0 Å². The fourth-order valence-corrected chi connectivity index (χ4v) is 2.36. The molecule has 0 saturated heterocycles. The summed E-state index contributed by atoms with van der Waals surface area (Å²) < 4.78 is 0.676. The molecule has 1 aromatic carbocycles. The lowest BCUT2D eigenvalue weighted by molar-refractivity contribution is 0.751. The van der Waals surface area contributed by atoms with Gasteiger partial charge in [0.25, 0.3) is 0 Å². The van der Waals surface area contributed by atoms with Gasteiger partial charge in [0.2, 0.25) is 0 Å². The van der Waals surface area contributed by atoms with Gasteiger partial charge >= 0.3 is 0 Å². The van der Waals surface area contributed by atoms with Crippen molar-refractivity contribution in [3.63, 3.8) is 0 Å². The molecule has 0 amide bonds. The van der Waals surface area contributed by atoms with E-state index in [0.717, 1.165) is 34.0 Å². The molecule has 0 atom stereocenters. The lowest BCUT2D eigenvalue weighted by atomic mass is 10.1. The molecule has 1 rings (SSSR count). The molecule has 0 spiro atoms. The highest BCUT2D eigenvalue weighted by Crippen LogP contribution is 2.23. The Kier molecular flexibility index (Phi) is 4.98. The van der Waals surface area contributed by atoms with Crippen molar-refractivity contribution < 1.29 is 0 Å².